The summed E-state index contributed by atoms with van der Waals surface area (Å²) in [7, 11) is 2.85. The van der Waals surface area contributed by atoms with Crippen LogP contribution in [0, 0.1) is 0 Å². The van der Waals surface area contributed by atoms with Gasteiger partial charge in [0.15, 0.2) is 0 Å². The van der Waals surface area contributed by atoms with Crippen LogP contribution in [0.2, 0.25) is 0 Å². The van der Waals surface area contributed by atoms with E-state index in [4.69, 9.17) is 5.54 Å². The summed E-state index contributed by atoms with van der Waals surface area (Å²) >= 11 is 0. The lowest BCUT2D eigenvalue weighted by Gasteiger charge is -2.26. The molecule has 1 N–H and O–H groups in total. The molecule has 0 aliphatic rings. The average Bonchev–Trinajstić information content (AvgIpc) is 1.99. The Hall–Kier alpha value is -0.610. The molecule has 0 saturated heterocycles. The Morgan fingerprint density at radius 1 is 1.91 bits per heavy atom. The zero-order valence-electron chi connectivity index (χ0n) is 10.7. The van der Waals surface area contributed by atoms with Gasteiger partial charge in [-0.15, -0.1) is 0 Å². The standard InChI is InChI=1S/C7H15NO3/c1-8(2,3)5-6(9)4-7(10)11/h6,9H,4-5H2,1-3H3/t6-/m1/s1/i1D3,9D. The number of aliphatic hydroxyl groups excluding tert-OH is 1. The van der Waals surface area contributed by atoms with E-state index in [0.29, 0.717) is 0 Å². The molecule has 4 nitrogen and oxygen atoms in total. The van der Waals surface area contributed by atoms with Crippen LogP contribution in [0.4, 0.5) is 0 Å². The Bertz CT molecular complexity index is 229. The molecule has 0 aromatic rings. The molecule has 4 heteroatoms. The van der Waals surface area contributed by atoms with Crippen LogP contribution in [0.5, 0.6) is 0 Å². The van der Waals surface area contributed by atoms with E-state index in [-0.39, 0.29) is 6.54 Å². The van der Waals surface area contributed by atoms with Crippen molar-refractivity contribution in [3.05, 3.63) is 0 Å². The molecule has 0 aromatic carbocycles. The Labute approximate surface area is 72.4 Å². The highest BCUT2D eigenvalue weighted by molar-refractivity contribution is 5.64. The van der Waals surface area contributed by atoms with Gasteiger partial charge in [0.25, 0.3) is 0 Å². The van der Waals surface area contributed by atoms with E-state index in [1.807, 2.05) is 0 Å². The second kappa shape index (κ2) is 3.69. The first kappa shape index (κ1) is 5.11. The van der Waals surface area contributed by atoms with Crippen LogP contribution in [0.1, 0.15) is 10.5 Å². The third-order valence-corrected chi connectivity index (χ3v) is 1.05. The molecule has 0 radical (unpaired) electrons. The van der Waals surface area contributed by atoms with Crippen molar-refractivity contribution >= 4 is 5.97 Å². The summed E-state index contributed by atoms with van der Waals surface area (Å²) in [4.78, 5) is 10.3. The Balaban J connectivity index is 4.47. The molecule has 0 saturated carbocycles. The van der Waals surface area contributed by atoms with E-state index in [0.717, 1.165) is 0 Å². The molecule has 66 valence electrons. The van der Waals surface area contributed by atoms with E-state index >= 15 is 0 Å². The minimum Gasteiger partial charge on any atom is -0.550 e. The molecular weight excluding hydrogens is 146 g/mol. The highest BCUT2D eigenvalue weighted by Gasteiger charge is 2.14. The monoisotopic (exact) mass is 165 g/mol. The molecular formula is C7H15NO3. The fraction of sp³-hybridized carbons (Fsp3) is 0.857. The zero-order valence-corrected chi connectivity index (χ0v) is 6.66. The van der Waals surface area contributed by atoms with Gasteiger partial charge in [-0.1, -0.05) is 0 Å². The van der Waals surface area contributed by atoms with Crippen molar-refractivity contribution in [3.8, 4) is 0 Å². The highest BCUT2D eigenvalue weighted by Crippen LogP contribution is 1.97. The molecule has 0 aliphatic carbocycles. The molecule has 0 bridgehead atoms. The first-order valence-electron chi connectivity index (χ1n) is 5.16. The summed E-state index contributed by atoms with van der Waals surface area (Å²) in [5, 5.41) is 14.4. The van der Waals surface area contributed by atoms with Gasteiger partial charge >= 0.3 is 0 Å². The number of carbonyl (C=O) groups is 1. The van der Waals surface area contributed by atoms with E-state index < -0.39 is 30.0 Å². The van der Waals surface area contributed by atoms with Crippen molar-refractivity contribution in [2.75, 3.05) is 27.6 Å². The van der Waals surface area contributed by atoms with Crippen LogP contribution in [-0.4, -0.2) is 50.7 Å². The quantitative estimate of drug-likeness (QED) is 0.489. The van der Waals surface area contributed by atoms with Crippen LogP contribution < -0.4 is 5.11 Å². The number of hydrogen-bond donors (Lipinski definition) is 1. The average molecular weight is 165 g/mol. The van der Waals surface area contributed by atoms with Gasteiger partial charge in [-0.25, -0.2) is 0 Å². The van der Waals surface area contributed by atoms with Crippen molar-refractivity contribution in [1.29, 1.82) is 1.43 Å². The molecule has 0 heterocycles. The number of rotatable bonds is 5. The number of aliphatic carboxylic acids is 1. The Morgan fingerprint density at radius 3 is 2.91 bits per heavy atom. The molecule has 0 unspecified atom stereocenters. The van der Waals surface area contributed by atoms with Crippen molar-refractivity contribution in [2.45, 2.75) is 12.5 Å². The number of carbonyl (C=O) groups excluding carboxylic acids is 1. The number of aliphatic hydroxyl groups is 1. The maximum absolute atomic E-state index is 10.3. The molecule has 0 aromatic heterocycles. The summed E-state index contributed by atoms with van der Waals surface area (Å²) in [6.07, 6.45) is -1.47. The Kier molecular flexibility index (Phi) is 1.71. The van der Waals surface area contributed by atoms with E-state index in [9.17, 15) is 9.90 Å². The van der Waals surface area contributed by atoms with Crippen molar-refractivity contribution < 1.29 is 23.6 Å². The Morgan fingerprint density at radius 2 is 2.55 bits per heavy atom. The molecule has 0 rings (SSSR count). The van der Waals surface area contributed by atoms with Crippen molar-refractivity contribution in [3.63, 3.8) is 0 Å². The second-order valence-electron chi connectivity index (χ2n) is 3.07. The smallest absolute Gasteiger partial charge is 0.211 e. The molecule has 11 heavy (non-hydrogen) atoms. The first-order valence-corrected chi connectivity index (χ1v) is 3.25. The fourth-order valence-electron chi connectivity index (χ4n) is 0.760. The van der Waals surface area contributed by atoms with Crippen LogP contribution >= 0.6 is 0 Å². The SMILES string of the molecule is [2H]O[C@H](CC(=O)[O-])C[N+](C)(C)C([2H])([2H])[2H]. The maximum Gasteiger partial charge on any atom is 0.211 e. The lowest BCUT2D eigenvalue weighted by Crippen LogP contribution is -2.43. The summed E-state index contributed by atoms with van der Waals surface area (Å²) < 4.78 is 27.9. The summed E-state index contributed by atoms with van der Waals surface area (Å²) in [5.74, 6) is -1.36. The lowest BCUT2D eigenvalue weighted by molar-refractivity contribution is -0.873. The van der Waals surface area contributed by atoms with Crippen molar-refractivity contribution in [2.24, 2.45) is 0 Å². The number of carboxylic acid groups (broad SMARTS) is 1. The number of likely N-dealkylation sites (N-methyl/N-ethyl adjacent to an activating group) is 1. The number of carboxylic acids is 1. The highest BCUT2D eigenvalue weighted by atomic mass is 16.4. The summed E-state index contributed by atoms with van der Waals surface area (Å²) in [6, 6.07) is 0. The van der Waals surface area contributed by atoms with E-state index in [1.165, 1.54) is 14.1 Å². The number of nitrogens with zero attached hydrogens (tertiary/aromatic N) is 1. The van der Waals surface area contributed by atoms with Crippen molar-refractivity contribution in [1.82, 2.24) is 0 Å². The third-order valence-electron chi connectivity index (χ3n) is 1.05. The van der Waals surface area contributed by atoms with Crippen LogP contribution in [0.15, 0.2) is 0 Å². The fourth-order valence-corrected chi connectivity index (χ4v) is 0.760. The summed E-state index contributed by atoms with van der Waals surface area (Å²) in [5.41, 5.74) is 0. The molecule has 1 atom stereocenters. The third kappa shape index (κ3) is 7.29. The van der Waals surface area contributed by atoms with E-state index in [2.05, 4.69) is 5.11 Å². The van der Waals surface area contributed by atoms with Gasteiger partial charge in [-0.05, 0) is 0 Å². The zero-order chi connectivity index (χ0) is 12.3. The largest absolute Gasteiger partial charge is 0.550 e. The van der Waals surface area contributed by atoms with Crippen LogP contribution in [0.3, 0.4) is 0 Å². The molecule has 0 spiro atoms. The predicted molar refractivity (Wildman–Crippen MR) is 38.5 cm³/mol. The number of quaternary nitrogens is 1. The van der Waals surface area contributed by atoms with Crippen LogP contribution in [-0.2, 0) is 4.79 Å². The van der Waals surface area contributed by atoms with Gasteiger partial charge < -0.3 is 19.5 Å². The van der Waals surface area contributed by atoms with E-state index in [1.54, 1.807) is 0 Å². The number of hydrogen-bond acceptors (Lipinski definition) is 3. The molecule has 0 fully saturated rings. The van der Waals surface area contributed by atoms with Gasteiger partial charge in [-0.2, -0.15) is 0 Å². The molecule has 0 amide bonds. The predicted octanol–water partition coefficient (Wildman–Crippen LogP) is -1.81. The second-order valence-corrected chi connectivity index (χ2v) is 3.07. The van der Waals surface area contributed by atoms with Gasteiger partial charge in [0, 0.05) is 12.4 Å². The van der Waals surface area contributed by atoms with Gasteiger partial charge in [0.05, 0.1) is 25.2 Å². The minimum absolute atomic E-state index is 0.0893. The first-order chi connectivity index (χ1) is 6.60. The van der Waals surface area contributed by atoms with Gasteiger partial charge in [0.1, 0.15) is 12.6 Å². The lowest BCUT2D eigenvalue weighted by atomic mass is 10.2. The topological polar surface area (TPSA) is 60.4 Å². The normalized spacial score (nSPS) is 20.9. The summed E-state index contributed by atoms with van der Waals surface area (Å²) in [6.45, 7) is -2.36. The van der Waals surface area contributed by atoms with Gasteiger partial charge in [-0.3, -0.25) is 0 Å². The van der Waals surface area contributed by atoms with Crippen LogP contribution in [0.25, 0.3) is 0 Å². The maximum atomic E-state index is 10.3. The minimum atomic E-state index is -2.28. The van der Waals surface area contributed by atoms with Gasteiger partial charge in [0.2, 0.25) is 1.43 Å². The molecule has 0 aliphatic heterocycles.